The number of nitrogens with zero attached hydrogens (tertiary/aromatic N) is 2. The van der Waals surface area contributed by atoms with Gasteiger partial charge in [0.05, 0.1) is 18.0 Å². The van der Waals surface area contributed by atoms with E-state index in [1.165, 1.54) is 16.7 Å². The number of hydrogen-bond donors (Lipinski definition) is 3. The van der Waals surface area contributed by atoms with Gasteiger partial charge in [0, 0.05) is 42.8 Å². The molecule has 3 aliphatic rings. The standard InChI is InChI=1S/C20H25F5N4O5S/c1-7-12-11(8(2)27-18(34)19(21,22)20(23,24)25)16(31)29(12)13(17(32)33)14(7)35-9-5-10(26-6-9)15(30)28(3)4/h7-12,26H,5-6H2,1-4H3,(H,27,34)(H,32,33)/t7-,8?,9+,10+,11-,12-/m1/s1. The van der Waals surface area contributed by atoms with Crippen LogP contribution in [0.3, 0.4) is 0 Å². The molecule has 196 valence electrons. The van der Waals surface area contributed by atoms with Gasteiger partial charge in [-0.2, -0.15) is 22.0 Å². The largest absolute Gasteiger partial charge is 0.477 e. The fourth-order valence-corrected chi connectivity index (χ4v) is 6.16. The lowest BCUT2D eigenvalue weighted by molar-refractivity contribution is -0.270. The molecule has 3 N–H and O–H groups in total. The van der Waals surface area contributed by atoms with E-state index in [0.717, 1.165) is 11.8 Å². The minimum atomic E-state index is -6.10. The van der Waals surface area contributed by atoms with E-state index in [-0.39, 0.29) is 16.9 Å². The summed E-state index contributed by atoms with van der Waals surface area (Å²) in [7, 11) is 3.21. The first-order chi connectivity index (χ1) is 16.0. The molecule has 3 heterocycles. The quantitative estimate of drug-likeness (QED) is 0.334. The molecule has 0 spiro atoms. The molecule has 3 aliphatic heterocycles. The molecule has 0 aromatic rings. The SMILES string of the molecule is CC(NC(=O)C(F)(F)C(F)(F)F)[C@H]1C(=O)N2C(C(=O)O)=C(S[C@@H]3CN[C@H](C(=O)N(C)C)C3)[C@H](C)[C@H]12. The summed E-state index contributed by atoms with van der Waals surface area (Å²) in [6, 6.07) is -2.69. The van der Waals surface area contributed by atoms with Gasteiger partial charge in [0.25, 0.3) is 0 Å². The molecular formula is C20H25F5N4O5S. The van der Waals surface area contributed by atoms with Gasteiger partial charge in [-0.3, -0.25) is 14.4 Å². The van der Waals surface area contributed by atoms with Crippen LogP contribution in [0.25, 0.3) is 0 Å². The molecule has 0 aromatic heterocycles. The Hall–Kier alpha value is -2.42. The molecule has 35 heavy (non-hydrogen) atoms. The number of β-lactam (4-membered cyclic amide) rings is 1. The monoisotopic (exact) mass is 528 g/mol. The zero-order valence-corrected chi connectivity index (χ0v) is 20.0. The van der Waals surface area contributed by atoms with Crippen molar-refractivity contribution in [3.8, 4) is 0 Å². The lowest BCUT2D eigenvalue weighted by Gasteiger charge is -2.47. The van der Waals surface area contributed by atoms with Gasteiger partial charge >= 0.3 is 24.0 Å². The first kappa shape index (κ1) is 27.2. The predicted molar refractivity (Wildman–Crippen MR) is 113 cm³/mol. The Labute approximate surface area is 201 Å². The second-order valence-corrected chi connectivity index (χ2v) is 10.4. The van der Waals surface area contributed by atoms with E-state index in [4.69, 9.17) is 0 Å². The minimum Gasteiger partial charge on any atom is -0.477 e. The van der Waals surface area contributed by atoms with Crippen molar-refractivity contribution < 1.29 is 46.2 Å². The first-order valence-corrected chi connectivity index (χ1v) is 11.6. The van der Waals surface area contributed by atoms with Gasteiger partial charge in [0.15, 0.2) is 0 Å². The molecule has 0 aliphatic carbocycles. The summed E-state index contributed by atoms with van der Waals surface area (Å²) >= 11 is 1.19. The third-order valence-corrected chi connectivity index (χ3v) is 7.96. The van der Waals surface area contributed by atoms with Crippen LogP contribution in [0.4, 0.5) is 22.0 Å². The maximum atomic E-state index is 13.4. The number of carboxylic acid groups (broad SMARTS) is 1. The zero-order valence-electron chi connectivity index (χ0n) is 19.2. The second-order valence-electron chi connectivity index (χ2n) is 9.03. The molecule has 3 rings (SSSR count). The number of thioether (sulfide) groups is 1. The number of carbonyl (C=O) groups excluding carboxylic acids is 3. The van der Waals surface area contributed by atoms with Crippen molar-refractivity contribution in [2.45, 2.75) is 55.7 Å². The van der Waals surface area contributed by atoms with Gasteiger partial charge < -0.3 is 25.5 Å². The number of fused-ring (bicyclic) bond motifs is 1. The lowest BCUT2D eigenvalue weighted by Crippen LogP contribution is -2.67. The summed E-state index contributed by atoms with van der Waals surface area (Å²) in [4.78, 5) is 51.3. The number of rotatable bonds is 7. The number of hydrogen-bond acceptors (Lipinski definition) is 6. The summed E-state index contributed by atoms with van der Waals surface area (Å²) in [6.07, 6.45) is -5.69. The van der Waals surface area contributed by atoms with E-state index in [0.29, 0.717) is 17.9 Å². The lowest BCUT2D eigenvalue weighted by atomic mass is 9.78. The third-order valence-electron chi connectivity index (χ3n) is 6.45. The van der Waals surface area contributed by atoms with Gasteiger partial charge in [-0.05, 0) is 13.3 Å². The fraction of sp³-hybridized carbons (Fsp3) is 0.700. The maximum absolute atomic E-state index is 13.4. The third kappa shape index (κ3) is 4.59. The van der Waals surface area contributed by atoms with Crippen molar-refractivity contribution in [1.29, 1.82) is 0 Å². The molecule has 15 heteroatoms. The van der Waals surface area contributed by atoms with E-state index < -0.39 is 59.8 Å². The number of aliphatic carboxylic acids is 1. The molecule has 6 atom stereocenters. The summed E-state index contributed by atoms with van der Waals surface area (Å²) in [6.45, 7) is 3.15. The van der Waals surface area contributed by atoms with Gasteiger partial charge in [-0.25, -0.2) is 4.79 Å². The van der Waals surface area contributed by atoms with Crippen molar-refractivity contribution in [2.75, 3.05) is 20.6 Å². The van der Waals surface area contributed by atoms with Crippen molar-refractivity contribution in [3.63, 3.8) is 0 Å². The number of amides is 3. The minimum absolute atomic E-state index is 0.140. The molecule has 1 unspecified atom stereocenters. The average Bonchev–Trinajstić information content (AvgIpc) is 3.28. The van der Waals surface area contributed by atoms with Crippen molar-refractivity contribution >= 4 is 35.5 Å². The number of carboxylic acids is 1. The number of likely N-dealkylation sites (N-methyl/N-ethyl adjacent to an activating group) is 1. The van der Waals surface area contributed by atoms with E-state index in [1.807, 2.05) is 0 Å². The summed E-state index contributed by atoms with van der Waals surface area (Å²) < 4.78 is 64.2. The van der Waals surface area contributed by atoms with E-state index in [2.05, 4.69) is 5.32 Å². The molecule has 0 bridgehead atoms. The fourth-order valence-electron chi connectivity index (χ4n) is 4.68. The van der Waals surface area contributed by atoms with Crippen LogP contribution in [0.1, 0.15) is 20.3 Å². The Morgan fingerprint density at radius 1 is 1.23 bits per heavy atom. The van der Waals surface area contributed by atoms with Crippen LogP contribution in [-0.2, 0) is 19.2 Å². The van der Waals surface area contributed by atoms with Crippen molar-refractivity contribution in [3.05, 3.63) is 10.6 Å². The van der Waals surface area contributed by atoms with Crippen molar-refractivity contribution in [2.24, 2.45) is 11.8 Å². The molecule has 9 nitrogen and oxygen atoms in total. The molecule has 3 amide bonds. The summed E-state index contributed by atoms with van der Waals surface area (Å²) in [5.41, 5.74) is -0.282. The molecule has 2 fully saturated rings. The highest BCUT2D eigenvalue weighted by molar-refractivity contribution is 8.03. The Kier molecular flexibility index (Phi) is 7.16. The highest BCUT2D eigenvalue weighted by Gasteiger charge is 2.65. The zero-order chi connectivity index (χ0) is 26.6. The van der Waals surface area contributed by atoms with Crippen LogP contribution in [0.5, 0.6) is 0 Å². The van der Waals surface area contributed by atoms with Crippen molar-refractivity contribution in [1.82, 2.24) is 20.4 Å². The molecule has 0 aromatic carbocycles. The molecule has 0 radical (unpaired) electrons. The van der Waals surface area contributed by atoms with Crippen LogP contribution in [-0.4, -0.2) is 94.7 Å². The second kappa shape index (κ2) is 9.22. The van der Waals surface area contributed by atoms with Crippen LogP contribution < -0.4 is 10.6 Å². The number of nitrogens with one attached hydrogen (secondary N) is 2. The van der Waals surface area contributed by atoms with Gasteiger partial charge in [0.2, 0.25) is 11.8 Å². The Balaban J connectivity index is 1.75. The Morgan fingerprint density at radius 3 is 2.34 bits per heavy atom. The predicted octanol–water partition coefficient (Wildman–Crippen LogP) is 1.01. The number of alkyl halides is 5. The van der Waals surface area contributed by atoms with E-state index in [1.54, 1.807) is 26.3 Å². The van der Waals surface area contributed by atoms with Crippen LogP contribution in [0.2, 0.25) is 0 Å². The Bertz CT molecular complexity index is 972. The molecule has 2 saturated heterocycles. The smallest absolute Gasteiger partial charge is 0.463 e. The average molecular weight is 529 g/mol. The van der Waals surface area contributed by atoms with Crippen LogP contribution in [0.15, 0.2) is 10.6 Å². The molecular weight excluding hydrogens is 503 g/mol. The molecule has 0 saturated carbocycles. The van der Waals surface area contributed by atoms with Gasteiger partial charge in [-0.1, -0.05) is 6.92 Å². The Morgan fingerprint density at radius 2 is 1.83 bits per heavy atom. The summed E-state index contributed by atoms with van der Waals surface area (Å²) in [5.74, 6) is -12.3. The first-order valence-electron chi connectivity index (χ1n) is 10.7. The van der Waals surface area contributed by atoms with E-state index >= 15 is 0 Å². The topological polar surface area (TPSA) is 119 Å². The summed E-state index contributed by atoms with van der Waals surface area (Å²) in [5, 5.41) is 14.2. The van der Waals surface area contributed by atoms with Crippen LogP contribution >= 0.6 is 11.8 Å². The van der Waals surface area contributed by atoms with Crippen LogP contribution in [0, 0.1) is 11.8 Å². The maximum Gasteiger partial charge on any atom is 0.463 e. The number of halogens is 5. The van der Waals surface area contributed by atoms with Gasteiger partial charge in [0.1, 0.15) is 5.70 Å². The normalized spacial score (nSPS) is 29.6. The highest BCUT2D eigenvalue weighted by Crippen LogP contribution is 2.52. The van der Waals surface area contributed by atoms with E-state index in [9.17, 15) is 46.2 Å². The number of carbonyl (C=O) groups is 4. The van der Waals surface area contributed by atoms with Gasteiger partial charge in [-0.15, -0.1) is 11.8 Å². The highest BCUT2D eigenvalue weighted by atomic mass is 32.2.